The van der Waals surface area contributed by atoms with E-state index in [0.717, 1.165) is 39.0 Å². The molecule has 0 aromatic carbocycles. The lowest BCUT2D eigenvalue weighted by Crippen LogP contribution is -2.60. The van der Waals surface area contributed by atoms with Crippen molar-refractivity contribution in [2.75, 3.05) is 19.6 Å². The van der Waals surface area contributed by atoms with Crippen molar-refractivity contribution < 1.29 is 4.79 Å². The highest BCUT2D eigenvalue weighted by atomic mass is 35.5. The average Bonchev–Trinajstić information content (AvgIpc) is 2.79. The van der Waals surface area contributed by atoms with Crippen LogP contribution < -0.4 is 11.1 Å². The van der Waals surface area contributed by atoms with E-state index in [4.69, 9.17) is 5.73 Å². The van der Waals surface area contributed by atoms with Crippen molar-refractivity contribution in [1.29, 1.82) is 0 Å². The van der Waals surface area contributed by atoms with E-state index in [2.05, 4.69) is 28.2 Å². The monoisotopic (exact) mass is 270 g/mol. The van der Waals surface area contributed by atoms with Gasteiger partial charge >= 0.3 is 6.03 Å². The molecule has 3 rings (SSSR count). The standard InChI is InChI=1S/C12H18N4O.ClH/c13-11(17)16-9-8-15-7-1-2-10(15)12(16)3-5-14-6-4-12;/h1-2,7,14H,3-6,8-9H2,(H2,13,17);1H. The Kier molecular flexibility index (Phi) is 3.54. The number of hydrogen-bond donors (Lipinski definition) is 2. The van der Waals surface area contributed by atoms with Gasteiger partial charge in [0.25, 0.3) is 0 Å². The molecule has 0 bridgehead atoms. The smallest absolute Gasteiger partial charge is 0.315 e. The lowest BCUT2D eigenvalue weighted by Gasteiger charge is -2.49. The minimum atomic E-state index is -0.292. The number of amides is 2. The molecule has 3 heterocycles. The zero-order chi connectivity index (χ0) is 11.9. The van der Waals surface area contributed by atoms with Crippen LogP contribution in [0.25, 0.3) is 0 Å². The summed E-state index contributed by atoms with van der Waals surface area (Å²) in [4.78, 5) is 13.5. The summed E-state index contributed by atoms with van der Waals surface area (Å²) < 4.78 is 2.25. The van der Waals surface area contributed by atoms with E-state index < -0.39 is 0 Å². The van der Waals surface area contributed by atoms with Crippen molar-refractivity contribution in [1.82, 2.24) is 14.8 Å². The Balaban J connectivity index is 0.00000120. The molecule has 3 N–H and O–H groups in total. The Labute approximate surface area is 113 Å². The molecular formula is C12H19ClN4O. The second-order valence-electron chi connectivity index (χ2n) is 4.86. The number of hydrogen-bond acceptors (Lipinski definition) is 2. The highest BCUT2D eigenvalue weighted by Gasteiger charge is 2.45. The maximum Gasteiger partial charge on any atom is 0.315 e. The van der Waals surface area contributed by atoms with Gasteiger partial charge in [-0.1, -0.05) is 0 Å². The van der Waals surface area contributed by atoms with Gasteiger partial charge in [0.2, 0.25) is 0 Å². The molecule has 5 nitrogen and oxygen atoms in total. The van der Waals surface area contributed by atoms with Gasteiger partial charge in [0.05, 0.1) is 5.54 Å². The lowest BCUT2D eigenvalue weighted by molar-refractivity contribution is 0.0592. The van der Waals surface area contributed by atoms with Gasteiger partial charge in [0, 0.05) is 25.0 Å². The summed E-state index contributed by atoms with van der Waals surface area (Å²) in [6.45, 7) is 3.45. The Bertz CT molecular complexity index is 439. The van der Waals surface area contributed by atoms with Crippen LogP contribution in [0.5, 0.6) is 0 Å². The number of nitrogens with two attached hydrogens (primary N) is 1. The molecule has 1 spiro atoms. The van der Waals surface area contributed by atoms with Gasteiger partial charge in [-0.3, -0.25) is 0 Å². The third-order valence-electron chi connectivity index (χ3n) is 4.08. The summed E-state index contributed by atoms with van der Waals surface area (Å²) in [5.74, 6) is 0. The number of aromatic nitrogens is 1. The molecule has 6 heteroatoms. The molecule has 2 aliphatic rings. The van der Waals surface area contributed by atoms with Gasteiger partial charge in [-0.25, -0.2) is 4.79 Å². The molecule has 0 saturated carbocycles. The Morgan fingerprint density at radius 3 is 2.72 bits per heavy atom. The van der Waals surface area contributed by atoms with Crippen LogP contribution in [-0.2, 0) is 12.1 Å². The third kappa shape index (κ3) is 1.78. The van der Waals surface area contributed by atoms with E-state index in [9.17, 15) is 4.79 Å². The molecule has 1 fully saturated rings. The second-order valence-corrected chi connectivity index (χ2v) is 4.86. The normalized spacial score (nSPS) is 21.2. The Hall–Kier alpha value is -1.20. The maximum absolute atomic E-state index is 11.7. The summed E-state index contributed by atoms with van der Waals surface area (Å²) in [6, 6.07) is 3.89. The van der Waals surface area contributed by atoms with Crippen LogP contribution in [-0.4, -0.2) is 35.1 Å². The number of halogens is 1. The first-order valence-electron chi connectivity index (χ1n) is 6.17. The highest BCUT2D eigenvalue weighted by molar-refractivity contribution is 5.85. The first-order valence-corrected chi connectivity index (χ1v) is 6.17. The Morgan fingerprint density at radius 1 is 1.33 bits per heavy atom. The summed E-state index contributed by atoms with van der Waals surface area (Å²) >= 11 is 0. The summed E-state index contributed by atoms with van der Waals surface area (Å²) in [5.41, 5.74) is 6.61. The van der Waals surface area contributed by atoms with E-state index in [1.54, 1.807) is 0 Å². The first-order chi connectivity index (χ1) is 8.24. The second kappa shape index (κ2) is 4.82. The molecule has 18 heavy (non-hydrogen) atoms. The van der Waals surface area contributed by atoms with Crippen LogP contribution >= 0.6 is 12.4 Å². The van der Waals surface area contributed by atoms with E-state index in [0.29, 0.717) is 0 Å². The minimum absolute atomic E-state index is 0. The van der Waals surface area contributed by atoms with Crippen molar-refractivity contribution >= 4 is 18.4 Å². The molecular weight excluding hydrogens is 252 g/mol. The van der Waals surface area contributed by atoms with E-state index in [1.807, 2.05) is 4.90 Å². The number of piperidine rings is 1. The summed E-state index contributed by atoms with van der Waals surface area (Å²) in [7, 11) is 0. The van der Waals surface area contributed by atoms with Gasteiger partial charge in [-0.05, 0) is 38.1 Å². The van der Waals surface area contributed by atoms with E-state index in [-0.39, 0.29) is 24.0 Å². The van der Waals surface area contributed by atoms with E-state index >= 15 is 0 Å². The number of nitrogens with one attached hydrogen (secondary N) is 1. The highest BCUT2D eigenvalue weighted by Crippen LogP contribution is 2.39. The molecule has 2 aliphatic heterocycles. The fourth-order valence-corrected chi connectivity index (χ4v) is 3.28. The van der Waals surface area contributed by atoms with Gasteiger partial charge < -0.3 is 20.5 Å². The van der Waals surface area contributed by atoms with Crippen LogP contribution in [0.2, 0.25) is 0 Å². The number of fused-ring (bicyclic) bond motifs is 2. The Morgan fingerprint density at radius 2 is 2.06 bits per heavy atom. The summed E-state index contributed by atoms with van der Waals surface area (Å²) in [6.07, 6.45) is 3.98. The lowest BCUT2D eigenvalue weighted by atomic mass is 9.82. The quantitative estimate of drug-likeness (QED) is 0.735. The minimum Gasteiger partial charge on any atom is -0.351 e. The molecule has 0 atom stereocenters. The average molecular weight is 271 g/mol. The molecule has 1 saturated heterocycles. The van der Waals surface area contributed by atoms with Crippen molar-refractivity contribution in [2.24, 2.45) is 5.73 Å². The number of urea groups is 1. The largest absolute Gasteiger partial charge is 0.351 e. The summed E-state index contributed by atoms with van der Waals surface area (Å²) in [5, 5.41) is 3.35. The SMILES string of the molecule is Cl.NC(=O)N1CCn2cccc2C12CCNCC2. The number of carbonyl (C=O) groups is 1. The van der Waals surface area contributed by atoms with Crippen molar-refractivity contribution in [3.63, 3.8) is 0 Å². The molecule has 1 aromatic heterocycles. The van der Waals surface area contributed by atoms with Crippen molar-refractivity contribution in [2.45, 2.75) is 24.9 Å². The van der Waals surface area contributed by atoms with Gasteiger partial charge in [0.15, 0.2) is 0 Å². The van der Waals surface area contributed by atoms with Crippen LogP contribution in [0.1, 0.15) is 18.5 Å². The van der Waals surface area contributed by atoms with Crippen molar-refractivity contribution in [3.8, 4) is 0 Å². The first kappa shape index (κ1) is 13.2. The van der Waals surface area contributed by atoms with Crippen LogP contribution in [0.3, 0.4) is 0 Å². The molecule has 0 radical (unpaired) electrons. The zero-order valence-electron chi connectivity index (χ0n) is 10.3. The number of primary amides is 1. The van der Waals surface area contributed by atoms with Crippen LogP contribution in [0.15, 0.2) is 18.3 Å². The zero-order valence-corrected chi connectivity index (χ0v) is 11.1. The van der Waals surface area contributed by atoms with Gasteiger partial charge in [-0.15, -0.1) is 12.4 Å². The number of carbonyl (C=O) groups excluding carboxylic acids is 1. The van der Waals surface area contributed by atoms with Crippen LogP contribution in [0.4, 0.5) is 4.79 Å². The fourth-order valence-electron chi connectivity index (χ4n) is 3.28. The van der Waals surface area contributed by atoms with Gasteiger partial charge in [0.1, 0.15) is 0 Å². The number of rotatable bonds is 0. The molecule has 0 aliphatic carbocycles. The van der Waals surface area contributed by atoms with Gasteiger partial charge in [-0.2, -0.15) is 0 Å². The van der Waals surface area contributed by atoms with E-state index in [1.165, 1.54) is 5.69 Å². The van der Waals surface area contributed by atoms with Crippen LogP contribution in [0, 0.1) is 0 Å². The molecule has 1 aromatic rings. The molecule has 100 valence electrons. The number of nitrogens with zero attached hydrogens (tertiary/aromatic N) is 2. The maximum atomic E-state index is 11.7. The molecule has 0 unspecified atom stereocenters. The predicted molar refractivity (Wildman–Crippen MR) is 71.8 cm³/mol. The predicted octanol–water partition coefficient (Wildman–Crippen LogP) is 0.883. The molecule has 2 amide bonds. The third-order valence-corrected chi connectivity index (χ3v) is 4.08. The fraction of sp³-hybridized carbons (Fsp3) is 0.583. The topological polar surface area (TPSA) is 63.3 Å². The van der Waals surface area contributed by atoms with Crippen molar-refractivity contribution in [3.05, 3.63) is 24.0 Å².